The van der Waals surface area contributed by atoms with Gasteiger partial charge in [0.1, 0.15) is 5.75 Å². The summed E-state index contributed by atoms with van der Waals surface area (Å²) in [4.78, 5) is 18.1. The zero-order chi connectivity index (χ0) is 16.6. The molecule has 0 amide bonds. The van der Waals surface area contributed by atoms with Gasteiger partial charge in [-0.2, -0.15) is 0 Å². The molecule has 0 aliphatic carbocycles. The monoisotopic (exact) mass is 311 g/mol. The minimum Gasteiger partial charge on any atom is -0.497 e. The second kappa shape index (κ2) is 5.61. The number of ether oxygens (including phenoxy) is 1. The van der Waals surface area contributed by atoms with Crippen LogP contribution in [0.2, 0.25) is 0 Å². The first kappa shape index (κ1) is 15.4. The van der Waals surface area contributed by atoms with Gasteiger partial charge in [0.05, 0.1) is 23.9 Å². The summed E-state index contributed by atoms with van der Waals surface area (Å²) < 4.78 is 5.26. The first-order valence-electron chi connectivity index (χ1n) is 7.60. The fourth-order valence-corrected chi connectivity index (χ4v) is 2.80. The predicted octanol–water partition coefficient (Wildman–Crippen LogP) is 3.36. The van der Waals surface area contributed by atoms with E-state index in [4.69, 9.17) is 4.74 Å². The SMILES string of the molecule is COc1ccc2nc(NC3=NC(C)(C)CC(C)=N3)nc(C)c2c1. The zero-order valence-corrected chi connectivity index (χ0v) is 14.1. The van der Waals surface area contributed by atoms with Gasteiger partial charge >= 0.3 is 0 Å². The number of aromatic nitrogens is 2. The van der Waals surface area contributed by atoms with Crippen molar-refractivity contribution in [1.82, 2.24) is 9.97 Å². The van der Waals surface area contributed by atoms with Crippen LogP contribution in [0.15, 0.2) is 28.2 Å². The number of anilines is 1. The summed E-state index contributed by atoms with van der Waals surface area (Å²) in [5.41, 5.74) is 2.63. The summed E-state index contributed by atoms with van der Waals surface area (Å²) in [7, 11) is 1.65. The van der Waals surface area contributed by atoms with E-state index in [2.05, 4.69) is 39.1 Å². The Bertz CT molecular complexity index is 823. The summed E-state index contributed by atoms with van der Waals surface area (Å²) in [5.74, 6) is 1.86. The zero-order valence-electron chi connectivity index (χ0n) is 14.1. The van der Waals surface area contributed by atoms with Crippen LogP contribution in [0.4, 0.5) is 5.95 Å². The summed E-state index contributed by atoms with van der Waals surface area (Å²) in [6.45, 7) is 8.14. The van der Waals surface area contributed by atoms with Crippen molar-refractivity contribution >= 4 is 28.5 Å². The van der Waals surface area contributed by atoms with Gasteiger partial charge < -0.3 is 4.74 Å². The maximum Gasteiger partial charge on any atom is 0.230 e. The van der Waals surface area contributed by atoms with Gasteiger partial charge in [-0.05, 0) is 45.9 Å². The van der Waals surface area contributed by atoms with E-state index in [9.17, 15) is 0 Å². The lowest BCUT2D eigenvalue weighted by atomic mass is 9.98. The average molecular weight is 311 g/mol. The summed E-state index contributed by atoms with van der Waals surface area (Å²) in [6, 6.07) is 5.76. The Morgan fingerprint density at radius 1 is 1.17 bits per heavy atom. The molecule has 3 rings (SSSR count). The predicted molar refractivity (Wildman–Crippen MR) is 93.7 cm³/mol. The van der Waals surface area contributed by atoms with Crippen molar-refractivity contribution in [2.24, 2.45) is 9.98 Å². The standard InChI is InChI=1S/C17H21N5O/c1-10-9-17(3,4)22-16(18-10)21-15-19-11(2)13-8-12(23-5)6-7-14(13)20-15/h6-8H,9H2,1-5H3,(H,19,20,21,22). The van der Waals surface area contributed by atoms with Crippen LogP contribution in [0.5, 0.6) is 5.75 Å². The van der Waals surface area contributed by atoms with Crippen molar-refractivity contribution in [1.29, 1.82) is 0 Å². The molecule has 0 saturated heterocycles. The lowest BCUT2D eigenvalue weighted by Gasteiger charge is -2.24. The largest absolute Gasteiger partial charge is 0.497 e. The van der Waals surface area contributed by atoms with E-state index in [1.54, 1.807) is 7.11 Å². The molecule has 1 aliphatic heterocycles. The van der Waals surface area contributed by atoms with Gasteiger partial charge in [-0.3, -0.25) is 5.32 Å². The highest BCUT2D eigenvalue weighted by Crippen LogP contribution is 2.24. The molecule has 23 heavy (non-hydrogen) atoms. The number of methoxy groups -OCH3 is 1. The Kier molecular flexibility index (Phi) is 3.75. The van der Waals surface area contributed by atoms with Crippen LogP contribution in [-0.4, -0.2) is 34.3 Å². The third kappa shape index (κ3) is 3.31. The number of aliphatic imine (C=N–C) groups is 2. The maximum atomic E-state index is 5.26. The lowest BCUT2D eigenvalue weighted by Crippen LogP contribution is -2.30. The van der Waals surface area contributed by atoms with Gasteiger partial charge in [0.15, 0.2) is 0 Å². The number of aryl methyl sites for hydroxylation is 1. The molecule has 1 aromatic carbocycles. The van der Waals surface area contributed by atoms with Crippen LogP contribution in [0.3, 0.4) is 0 Å². The number of benzene rings is 1. The molecule has 1 aliphatic rings. The molecule has 1 N–H and O–H groups in total. The third-order valence-electron chi connectivity index (χ3n) is 3.71. The van der Waals surface area contributed by atoms with E-state index in [-0.39, 0.29) is 5.54 Å². The number of fused-ring (bicyclic) bond motifs is 1. The summed E-state index contributed by atoms with van der Waals surface area (Å²) in [5, 5.41) is 4.11. The van der Waals surface area contributed by atoms with E-state index >= 15 is 0 Å². The van der Waals surface area contributed by atoms with Gasteiger partial charge in [-0.1, -0.05) is 0 Å². The highest BCUT2D eigenvalue weighted by molar-refractivity contribution is 6.04. The van der Waals surface area contributed by atoms with Crippen molar-refractivity contribution in [3.8, 4) is 5.75 Å². The van der Waals surface area contributed by atoms with Gasteiger partial charge in [0.25, 0.3) is 0 Å². The fourth-order valence-electron chi connectivity index (χ4n) is 2.80. The van der Waals surface area contributed by atoms with E-state index < -0.39 is 0 Å². The average Bonchev–Trinajstić information content (AvgIpc) is 2.44. The normalized spacial score (nSPS) is 16.7. The number of rotatable bonds is 2. The summed E-state index contributed by atoms with van der Waals surface area (Å²) in [6.07, 6.45) is 0.857. The van der Waals surface area contributed by atoms with Gasteiger partial charge in [0, 0.05) is 17.5 Å². The quantitative estimate of drug-likeness (QED) is 0.923. The molecule has 0 radical (unpaired) electrons. The molecule has 120 valence electrons. The number of guanidine groups is 1. The van der Waals surface area contributed by atoms with Crippen molar-refractivity contribution in [2.45, 2.75) is 39.7 Å². The molecule has 6 nitrogen and oxygen atoms in total. The second-order valence-electron chi connectivity index (χ2n) is 6.41. The molecule has 0 unspecified atom stereocenters. The minimum absolute atomic E-state index is 0.159. The number of hydrogen-bond acceptors (Lipinski definition) is 6. The van der Waals surface area contributed by atoms with Crippen LogP contribution in [-0.2, 0) is 0 Å². The Morgan fingerprint density at radius 3 is 2.65 bits per heavy atom. The Morgan fingerprint density at radius 2 is 1.96 bits per heavy atom. The van der Waals surface area contributed by atoms with Crippen molar-refractivity contribution in [3.63, 3.8) is 0 Å². The Hall–Kier alpha value is -2.50. The maximum absolute atomic E-state index is 5.26. The Balaban J connectivity index is 1.97. The lowest BCUT2D eigenvalue weighted by molar-refractivity contribution is 0.415. The van der Waals surface area contributed by atoms with Crippen molar-refractivity contribution < 1.29 is 4.74 Å². The second-order valence-corrected chi connectivity index (χ2v) is 6.41. The first-order valence-corrected chi connectivity index (χ1v) is 7.60. The number of nitrogens with zero attached hydrogens (tertiary/aromatic N) is 4. The highest BCUT2D eigenvalue weighted by Gasteiger charge is 2.23. The number of hydrogen-bond donors (Lipinski definition) is 1. The van der Waals surface area contributed by atoms with Crippen molar-refractivity contribution in [3.05, 3.63) is 23.9 Å². The van der Waals surface area contributed by atoms with E-state index in [1.807, 2.05) is 32.0 Å². The molecule has 0 spiro atoms. The van der Waals surface area contributed by atoms with Gasteiger partial charge in [0.2, 0.25) is 11.9 Å². The highest BCUT2D eigenvalue weighted by atomic mass is 16.5. The minimum atomic E-state index is -0.159. The van der Waals surface area contributed by atoms with Crippen molar-refractivity contribution in [2.75, 3.05) is 12.4 Å². The molecule has 1 aromatic heterocycles. The fraction of sp³-hybridized carbons (Fsp3) is 0.412. The Labute approximate surface area is 135 Å². The molecule has 0 fully saturated rings. The summed E-state index contributed by atoms with van der Waals surface area (Å²) >= 11 is 0. The number of nitrogens with one attached hydrogen (secondary N) is 1. The molecule has 0 saturated carbocycles. The van der Waals surface area contributed by atoms with E-state index in [0.29, 0.717) is 11.9 Å². The van der Waals surface area contributed by atoms with E-state index in [0.717, 1.165) is 34.5 Å². The smallest absolute Gasteiger partial charge is 0.230 e. The topological polar surface area (TPSA) is 71.8 Å². The molecular formula is C17H21N5O. The van der Waals surface area contributed by atoms with Crippen LogP contribution in [0, 0.1) is 6.92 Å². The van der Waals surface area contributed by atoms with Crippen LogP contribution < -0.4 is 10.1 Å². The molecule has 0 atom stereocenters. The first-order chi connectivity index (χ1) is 10.9. The van der Waals surface area contributed by atoms with Gasteiger partial charge in [-0.15, -0.1) is 0 Å². The van der Waals surface area contributed by atoms with Crippen LogP contribution >= 0.6 is 0 Å². The van der Waals surface area contributed by atoms with Gasteiger partial charge in [-0.25, -0.2) is 20.0 Å². The molecule has 2 heterocycles. The third-order valence-corrected chi connectivity index (χ3v) is 3.71. The molecule has 0 bridgehead atoms. The molecule has 2 aromatic rings. The molecular weight excluding hydrogens is 290 g/mol. The molecule has 6 heteroatoms. The van der Waals surface area contributed by atoms with Crippen LogP contribution in [0.1, 0.15) is 32.9 Å². The van der Waals surface area contributed by atoms with Crippen LogP contribution in [0.25, 0.3) is 10.9 Å². The van der Waals surface area contributed by atoms with E-state index in [1.165, 1.54) is 0 Å².